The lowest BCUT2D eigenvalue weighted by atomic mass is 9.93. The minimum Gasteiger partial charge on any atom is -0.370 e. The van der Waals surface area contributed by atoms with Gasteiger partial charge in [0, 0.05) is 61.3 Å². The van der Waals surface area contributed by atoms with E-state index in [4.69, 9.17) is 17.2 Å². The standard InChI is InChI=1S/C36H42N10O5S/c1-20(47)45-16-22-8-3-2-7-21(22)13-31(45)34(50)44-28(14-23-18-52-19-41-23)33(49)43-27(11-6-12-40-36(38)39)35(51)46-17-29-25(15-30(46)32(37)48)24-9-4-5-10-26(24)42-29/h2-5,7-10,18-19,27-28,30-31,42H,6,11-17H2,1H3,(H2,37,48)(H,43,49)(H,44,50)(H4,38,39,40)/t27-,28?,30?,31-/m0/s1. The number of fused-ring (bicyclic) bond motifs is 4. The number of hydrogen-bond donors (Lipinski definition) is 6. The molecule has 2 aromatic carbocycles. The number of carbonyl (C=O) groups is 5. The number of amides is 5. The number of aliphatic imine (C=N–C) groups is 1. The molecule has 2 aliphatic rings. The van der Waals surface area contributed by atoms with Crippen LogP contribution in [-0.2, 0) is 56.3 Å². The summed E-state index contributed by atoms with van der Waals surface area (Å²) in [5.41, 5.74) is 23.6. The van der Waals surface area contributed by atoms with Gasteiger partial charge >= 0.3 is 0 Å². The first-order valence-corrected chi connectivity index (χ1v) is 18.0. The van der Waals surface area contributed by atoms with Gasteiger partial charge in [0.15, 0.2) is 5.96 Å². The van der Waals surface area contributed by atoms with Gasteiger partial charge in [-0.25, -0.2) is 4.98 Å². The molecule has 4 aromatic rings. The number of guanidine groups is 1. The highest BCUT2D eigenvalue weighted by Crippen LogP contribution is 2.31. The quantitative estimate of drug-likeness (QED) is 0.0686. The van der Waals surface area contributed by atoms with Crippen LogP contribution in [0.4, 0.5) is 0 Å². The van der Waals surface area contributed by atoms with Crippen molar-refractivity contribution in [3.8, 4) is 0 Å². The molecule has 0 radical (unpaired) electrons. The topological polar surface area (TPSA) is 235 Å². The number of benzene rings is 2. The number of aromatic nitrogens is 2. The van der Waals surface area contributed by atoms with Crippen molar-refractivity contribution in [3.63, 3.8) is 0 Å². The van der Waals surface area contributed by atoms with E-state index in [1.165, 1.54) is 28.1 Å². The zero-order valence-electron chi connectivity index (χ0n) is 28.7. The number of aromatic amines is 1. The normalized spacial score (nSPS) is 17.7. The van der Waals surface area contributed by atoms with Gasteiger partial charge in [-0.2, -0.15) is 0 Å². The van der Waals surface area contributed by atoms with Gasteiger partial charge < -0.3 is 42.6 Å². The molecular formula is C36H42N10O5S. The summed E-state index contributed by atoms with van der Waals surface area (Å²) in [5, 5.41) is 8.44. The van der Waals surface area contributed by atoms with Gasteiger partial charge in [-0.05, 0) is 35.6 Å². The Balaban J connectivity index is 1.26. The summed E-state index contributed by atoms with van der Waals surface area (Å²) in [6.45, 7) is 1.93. The molecule has 5 amide bonds. The average Bonchev–Trinajstić information content (AvgIpc) is 3.78. The van der Waals surface area contributed by atoms with Gasteiger partial charge in [-0.15, -0.1) is 11.3 Å². The number of nitrogens with one attached hydrogen (secondary N) is 3. The van der Waals surface area contributed by atoms with Crippen molar-refractivity contribution in [2.75, 3.05) is 6.54 Å². The Kier molecular flexibility index (Phi) is 10.8. The van der Waals surface area contributed by atoms with Crippen molar-refractivity contribution in [1.29, 1.82) is 0 Å². The zero-order chi connectivity index (χ0) is 36.9. The zero-order valence-corrected chi connectivity index (χ0v) is 29.5. The first-order chi connectivity index (χ1) is 25.0. The minimum atomic E-state index is -1.15. The number of H-pyrrole nitrogens is 1. The van der Waals surface area contributed by atoms with Crippen LogP contribution < -0.4 is 27.8 Å². The van der Waals surface area contributed by atoms with Crippen molar-refractivity contribution < 1.29 is 24.0 Å². The Morgan fingerprint density at radius 1 is 0.942 bits per heavy atom. The summed E-state index contributed by atoms with van der Waals surface area (Å²) in [7, 11) is 0. The molecule has 2 aliphatic heterocycles. The molecule has 0 fully saturated rings. The number of thiazole rings is 1. The van der Waals surface area contributed by atoms with E-state index in [0.29, 0.717) is 12.1 Å². The number of primary amides is 1. The van der Waals surface area contributed by atoms with Crippen LogP contribution in [0.3, 0.4) is 0 Å². The van der Waals surface area contributed by atoms with Crippen LogP contribution in [-0.4, -0.2) is 86.0 Å². The SMILES string of the molecule is CC(=O)N1Cc2ccccc2C[C@H]1C(=O)NC(Cc1cscn1)C(=O)N[C@@H](CCCN=C(N)N)C(=O)N1Cc2[nH]c3ccccc3c2CC1C(N)=O. The highest BCUT2D eigenvalue weighted by Gasteiger charge is 2.40. The van der Waals surface area contributed by atoms with Gasteiger partial charge in [-0.3, -0.25) is 29.0 Å². The molecule has 0 saturated heterocycles. The molecule has 0 aliphatic carbocycles. The van der Waals surface area contributed by atoms with E-state index in [-0.39, 0.29) is 57.2 Å². The first-order valence-electron chi connectivity index (χ1n) is 17.1. The number of nitrogens with zero attached hydrogens (tertiary/aromatic N) is 4. The molecule has 16 heteroatoms. The molecule has 4 atom stereocenters. The van der Waals surface area contributed by atoms with Crippen molar-refractivity contribution in [1.82, 2.24) is 30.4 Å². The summed E-state index contributed by atoms with van der Waals surface area (Å²) in [6.07, 6.45) is 0.954. The molecule has 15 nitrogen and oxygen atoms in total. The second-order valence-electron chi connectivity index (χ2n) is 13.1. The van der Waals surface area contributed by atoms with Crippen LogP contribution in [0.25, 0.3) is 10.9 Å². The maximum atomic E-state index is 14.4. The Morgan fingerprint density at radius 3 is 2.40 bits per heavy atom. The third-order valence-corrected chi connectivity index (χ3v) is 10.3. The number of nitrogens with two attached hydrogens (primary N) is 3. The second-order valence-corrected chi connectivity index (χ2v) is 13.8. The number of para-hydroxylation sites is 1. The van der Waals surface area contributed by atoms with Crippen LogP contribution in [0, 0.1) is 0 Å². The Bertz CT molecular complexity index is 2010. The van der Waals surface area contributed by atoms with E-state index >= 15 is 0 Å². The molecule has 0 saturated carbocycles. The predicted molar refractivity (Wildman–Crippen MR) is 195 cm³/mol. The van der Waals surface area contributed by atoms with Crippen molar-refractivity contribution >= 4 is 57.7 Å². The molecule has 272 valence electrons. The molecule has 6 rings (SSSR count). The summed E-state index contributed by atoms with van der Waals surface area (Å²) >= 11 is 1.34. The Labute approximate surface area is 304 Å². The summed E-state index contributed by atoms with van der Waals surface area (Å²) in [6, 6.07) is 11.2. The molecular weight excluding hydrogens is 685 g/mol. The molecule has 4 heterocycles. The average molecular weight is 727 g/mol. The predicted octanol–water partition coefficient (Wildman–Crippen LogP) is 0.602. The summed E-state index contributed by atoms with van der Waals surface area (Å²) < 4.78 is 0. The molecule has 9 N–H and O–H groups in total. The molecule has 0 spiro atoms. The minimum absolute atomic E-state index is 0.0331. The fraction of sp³-hybridized carbons (Fsp3) is 0.361. The lowest BCUT2D eigenvalue weighted by Gasteiger charge is -2.37. The van der Waals surface area contributed by atoms with Gasteiger partial charge in [-0.1, -0.05) is 42.5 Å². The Hall–Kier alpha value is -5.77. The summed E-state index contributed by atoms with van der Waals surface area (Å²) in [4.78, 5) is 82.7. The number of carbonyl (C=O) groups excluding carboxylic acids is 5. The lowest BCUT2D eigenvalue weighted by Crippen LogP contribution is -2.60. The number of rotatable bonds is 12. The fourth-order valence-corrected chi connectivity index (χ4v) is 7.61. The molecule has 2 unspecified atom stereocenters. The van der Waals surface area contributed by atoms with Crippen LogP contribution in [0.5, 0.6) is 0 Å². The fourth-order valence-electron chi connectivity index (χ4n) is 7.04. The van der Waals surface area contributed by atoms with E-state index in [2.05, 4.69) is 25.6 Å². The maximum Gasteiger partial charge on any atom is 0.246 e. The number of hydrogen-bond acceptors (Lipinski definition) is 8. The van der Waals surface area contributed by atoms with Gasteiger partial charge in [0.2, 0.25) is 29.5 Å². The van der Waals surface area contributed by atoms with E-state index in [9.17, 15) is 24.0 Å². The highest BCUT2D eigenvalue weighted by atomic mass is 32.1. The van der Waals surface area contributed by atoms with Crippen LogP contribution in [0.1, 0.15) is 47.8 Å². The monoisotopic (exact) mass is 726 g/mol. The Morgan fingerprint density at radius 2 is 1.69 bits per heavy atom. The van der Waals surface area contributed by atoms with Gasteiger partial charge in [0.05, 0.1) is 17.7 Å². The molecule has 52 heavy (non-hydrogen) atoms. The van der Waals surface area contributed by atoms with Crippen molar-refractivity contribution in [2.45, 2.75) is 76.3 Å². The van der Waals surface area contributed by atoms with Crippen LogP contribution >= 0.6 is 11.3 Å². The van der Waals surface area contributed by atoms with Crippen LogP contribution in [0.15, 0.2) is 64.4 Å². The van der Waals surface area contributed by atoms with Crippen LogP contribution in [0.2, 0.25) is 0 Å². The first kappa shape index (κ1) is 36.0. The molecule has 0 bridgehead atoms. The summed E-state index contributed by atoms with van der Waals surface area (Å²) in [5.74, 6) is -2.72. The van der Waals surface area contributed by atoms with Gasteiger partial charge in [0.1, 0.15) is 24.2 Å². The maximum absolute atomic E-state index is 14.4. The van der Waals surface area contributed by atoms with Crippen molar-refractivity contribution in [2.24, 2.45) is 22.2 Å². The van der Waals surface area contributed by atoms with Gasteiger partial charge in [0.25, 0.3) is 0 Å². The van der Waals surface area contributed by atoms with E-state index in [1.54, 1.807) is 10.9 Å². The van der Waals surface area contributed by atoms with E-state index < -0.39 is 47.8 Å². The largest absolute Gasteiger partial charge is 0.370 e. The van der Waals surface area contributed by atoms with E-state index in [1.807, 2.05) is 48.5 Å². The third-order valence-electron chi connectivity index (χ3n) is 9.66. The smallest absolute Gasteiger partial charge is 0.246 e. The lowest BCUT2D eigenvalue weighted by molar-refractivity contribution is -0.144. The highest BCUT2D eigenvalue weighted by molar-refractivity contribution is 7.07. The third kappa shape index (κ3) is 7.91. The second kappa shape index (κ2) is 15.6. The van der Waals surface area contributed by atoms with Crippen molar-refractivity contribution in [3.05, 3.63) is 87.5 Å². The molecule has 2 aromatic heterocycles. The van der Waals surface area contributed by atoms with E-state index in [0.717, 1.165) is 33.3 Å².